The van der Waals surface area contributed by atoms with E-state index in [1.54, 1.807) is 6.07 Å². The monoisotopic (exact) mass is 266 g/mol. The third-order valence-corrected chi connectivity index (χ3v) is 3.44. The van der Waals surface area contributed by atoms with E-state index in [0.29, 0.717) is 23.0 Å². The van der Waals surface area contributed by atoms with Crippen LogP contribution in [0.25, 0.3) is 22.1 Å². The second kappa shape index (κ2) is 4.85. The third-order valence-electron chi connectivity index (χ3n) is 3.44. The van der Waals surface area contributed by atoms with Crippen molar-refractivity contribution in [2.75, 3.05) is 0 Å². The van der Waals surface area contributed by atoms with E-state index in [-0.39, 0.29) is 11.2 Å². The number of phenols is 1. The van der Waals surface area contributed by atoms with E-state index in [0.717, 1.165) is 11.1 Å². The van der Waals surface area contributed by atoms with Gasteiger partial charge in [-0.2, -0.15) is 0 Å². The molecule has 1 heterocycles. The minimum absolute atomic E-state index is 0.0767. The predicted molar refractivity (Wildman–Crippen MR) is 79.0 cm³/mol. The molecule has 20 heavy (non-hydrogen) atoms. The zero-order chi connectivity index (χ0) is 14.1. The van der Waals surface area contributed by atoms with Crippen LogP contribution in [-0.4, -0.2) is 5.11 Å². The molecule has 0 aliphatic rings. The maximum atomic E-state index is 12.6. The number of hydrogen-bond donors (Lipinski definition) is 1. The highest BCUT2D eigenvalue weighted by Crippen LogP contribution is 2.26. The fourth-order valence-corrected chi connectivity index (χ4v) is 2.31. The maximum absolute atomic E-state index is 12.6. The normalized spacial score (nSPS) is 10.8. The molecule has 3 rings (SSSR count). The van der Waals surface area contributed by atoms with Crippen molar-refractivity contribution in [1.29, 1.82) is 0 Å². The molecule has 0 atom stereocenters. The summed E-state index contributed by atoms with van der Waals surface area (Å²) in [6.07, 6.45) is 2.11. The fourth-order valence-electron chi connectivity index (χ4n) is 2.31. The second-order valence-corrected chi connectivity index (χ2v) is 4.68. The smallest absolute Gasteiger partial charge is 0.200 e. The Morgan fingerprint density at radius 3 is 2.60 bits per heavy atom. The average Bonchev–Trinajstić information content (AvgIpc) is 2.48. The lowest BCUT2D eigenvalue weighted by molar-refractivity contribution is 0.467. The Bertz CT molecular complexity index is 817. The molecular formula is C17H14O3. The molecule has 0 saturated carbocycles. The molecule has 3 heteroatoms. The lowest BCUT2D eigenvalue weighted by Gasteiger charge is -2.06. The van der Waals surface area contributed by atoms with E-state index in [2.05, 4.69) is 0 Å². The lowest BCUT2D eigenvalue weighted by atomic mass is 10.0. The first-order valence-corrected chi connectivity index (χ1v) is 6.53. The molecular weight excluding hydrogens is 252 g/mol. The van der Waals surface area contributed by atoms with Crippen molar-refractivity contribution in [1.82, 2.24) is 0 Å². The van der Waals surface area contributed by atoms with Crippen LogP contribution < -0.4 is 5.43 Å². The molecule has 0 bridgehead atoms. The topological polar surface area (TPSA) is 50.4 Å². The minimum atomic E-state index is -0.0767. The molecule has 100 valence electrons. The summed E-state index contributed by atoms with van der Waals surface area (Å²) < 4.78 is 5.50. The van der Waals surface area contributed by atoms with Gasteiger partial charge >= 0.3 is 0 Å². The van der Waals surface area contributed by atoms with Crippen LogP contribution in [0.2, 0.25) is 0 Å². The van der Waals surface area contributed by atoms with Gasteiger partial charge in [0, 0.05) is 6.07 Å². The average molecular weight is 266 g/mol. The summed E-state index contributed by atoms with van der Waals surface area (Å²) in [5.74, 6) is 0.163. The van der Waals surface area contributed by atoms with Crippen LogP contribution in [-0.2, 0) is 6.42 Å². The zero-order valence-electron chi connectivity index (χ0n) is 11.1. The number of fused-ring (bicyclic) bond motifs is 1. The van der Waals surface area contributed by atoms with Crippen LogP contribution in [0.3, 0.4) is 0 Å². The quantitative estimate of drug-likeness (QED) is 0.769. The van der Waals surface area contributed by atoms with E-state index < -0.39 is 0 Å². The van der Waals surface area contributed by atoms with Gasteiger partial charge in [0.15, 0.2) is 0 Å². The van der Waals surface area contributed by atoms with Crippen molar-refractivity contribution in [3.63, 3.8) is 0 Å². The number of hydrogen-bond acceptors (Lipinski definition) is 3. The van der Waals surface area contributed by atoms with Gasteiger partial charge < -0.3 is 9.52 Å². The zero-order valence-corrected chi connectivity index (χ0v) is 11.1. The fraction of sp³-hybridized carbons (Fsp3) is 0.118. The van der Waals surface area contributed by atoms with Gasteiger partial charge in [-0.3, -0.25) is 4.79 Å². The Balaban J connectivity index is 2.31. The van der Waals surface area contributed by atoms with Crippen molar-refractivity contribution in [3.8, 4) is 16.9 Å². The summed E-state index contributed by atoms with van der Waals surface area (Å²) in [5, 5.41) is 10.3. The van der Waals surface area contributed by atoms with Gasteiger partial charge in [-0.1, -0.05) is 37.3 Å². The van der Waals surface area contributed by atoms with Crippen molar-refractivity contribution >= 4 is 11.0 Å². The van der Waals surface area contributed by atoms with Gasteiger partial charge in [0.25, 0.3) is 0 Å². The molecule has 0 amide bonds. The molecule has 0 aliphatic heterocycles. The van der Waals surface area contributed by atoms with E-state index >= 15 is 0 Å². The highest BCUT2D eigenvalue weighted by atomic mass is 16.3. The predicted octanol–water partition coefficient (Wildman–Crippen LogP) is 3.73. The first kappa shape index (κ1) is 12.5. The van der Waals surface area contributed by atoms with Crippen LogP contribution in [0.5, 0.6) is 5.75 Å². The van der Waals surface area contributed by atoms with E-state index in [9.17, 15) is 9.90 Å². The number of benzene rings is 2. The Labute approximate surface area is 116 Å². The second-order valence-electron chi connectivity index (χ2n) is 4.68. The van der Waals surface area contributed by atoms with E-state index in [4.69, 9.17) is 4.42 Å². The Morgan fingerprint density at radius 1 is 1.15 bits per heavy atom. The summed E-state index contributed by atoms with van der Waals surface area (Å²) in [6, 6.07) is 12.6. The van der Waals surface area contributed by atoms with Crippen molar-refractivity contribution in [3.05, 3.63) is 64.5 Å². The van der Waals surface area contributed by atoms with Crippen LogP contribution in [0.4, 0.5) is 0 Å². The van der Waals surface area contributed by atoms with Crippen LogP contribution in [0.15, 0.2) is 57.9 Å². The number of rotatable bonds is 2. The van der Waals surface area contributed by atoms with E-state index in [1.807, 2.05) is 37.3 Å². The van der Waals surface area contributed by atoms with Crippen LogP contribution >= 0.6 is 0 Å². The van der Waals surface area contributed by atoms with Crippen LogP contribution in [0, 0.1) is 0 Å². The van der Waals surface area contributed by atoms with Gasteiger partial charge in [0.05, 0.1) is 10.9 Å². The molecule has 0 radical (unpaired) electrons. The van der Waals surface area contributed by atoms with Crippen molar-refractivity contribution in [2.24, 2.45) is 0 Å². The molecule has 0 saturated heterocycles. The first-order chi connectivity index (χ1) is 9.70. The molecule has 0 spiro atoms. The largest absolute Gasteiger partial charge is 0.508 e. The first-order valence-electron chi connectivity index (χ1n) is 6.53. The number of aromatic hydroxyl groups is 1. The molecule has 0 aliphatic carbocycles. The standard InChI is InChI=1S/C17H14O3/c1-2-11-8-13-16(9-15(11)18)20-10-14(17(13)19)12-6-4-3-5-7-12/h3-10,18H,2H2,1H3. The van der Waals surface area contributed by atoms with Gasteiger partial charge in [0.2, 0.25) is 5.43 Å². The summed E-state index contributed by atoms with van der Waals surface area (Å²) in [7, 11) is 0. The lowest BCUT2D eigenvalue weighted by Crippen LogP contribution is -2.05. The van der Waals surface area contributed by atoms with Gasteiger partial charge in [-0.05, 0) is 23.6 Å². The van der Waals surface area contributed by atoms with Crippen molar-refractivity contribution < 1.29 is 9.52 Å². The molecule has 1 N–H and O–H groups in total. The van der Waals surface area contributed by atoms with Gasteiger partial charge in [-0.15, -0.1) is 0 Å². The molecule has 2 aromatic carbocycles. The van der Waals surface area contributed by atoms with Gasteiger partial charge in [0.1, 0.15) is 17.6 Å². The molecule has 3 aromatic rings. The third kappa shape index (κ3) is 1.97. The molecule has 0 fully saturated rings. The number of aryl methyl sites for hydroxylation is 1. The van der Waals surface area contributed by atoms with Gasteiger partial charge in [-0.25, -0.2) is 0 Å². The highest BCUT2D eigenvalue weighted by molar-refractivity contribution is 5.83. The number of phenolic OH excluding ortho intramolecular Hbond substituents is 1. The Morgan fingerprint density at radius 2 is 1.90 bits per heavy atom. The molecule has 0 unspecified atom stereocenters. The Hall–Kier alpha value is -2.55. The van der Waals surface area contributed by atoms with E-state index in [1.165, 1.54) is 12.3 Å². The summed E-state index contributed by atoms with van der Waals surface area (Å²) in [6.45, 7) is 1.93. The summed E-state index contributed by atoms with van der Waals surface area (Å²) in [4.78, 5) is 12.6. The summed E-state index contributed by atoms with van der Waals surface area (Å²) in [5.41, 5.74) is 2.44. The maximum Gasteiger partial charge on any atom is 0.200 e. The highest BCUT2D eigenvalue weighted by Gasteiger charge is 2.11. The SMILES string of the molecule is CCc1cc2c(=O)c(-c3ccccc3)coc2cc1O. The Kier molecular flexibility index (Phi) is 3.03. The van der Waals surface area contributed by atoms with Crippen LogP contribution in [0.1, 0.15) is 12.5 Å². The summed E-state index contributed by atoms with van der Waals surface area (Å²) >= 11 is 0. The van der Waals surface area contributed by atoms with Crippen molar-refractivity contribution in [2.45, 2.75) is 13.3 Å². The molecule has 3 nitrogen and oxygen atoms in total. The molecule has 1 aromatic heterocycles. The minimum Gasteiger partial charge on any atom is -0.508 e.